The van der Waals surface area contributed by atoms with Crippen LogP contribution >= 0.6 is 0 Å². The zero-order chi connectivity index (χ0) is 14.1. The van der Waals surface area contributed by atoms with Crippen molar-refractivity contribution in [2.45, 2.75) is 68.6 Å². The SMILES string of the molecule is COC1(CC(N)C2CCOC3(CCOCC3)C2)CCC1. The average Bonchev–Trinajstić information content (AvgIpc) is 2.43. The first-order valence-electron chi connectivity index (χ1n) is 8.20. The molecule has 1 spiro atoms. The van der Waals surface area contributed by atoms with Gasteiger partial charge in [-0.25, -0.2) is 0 Å². The maximum Gasteiger partial charge on any atom is 0.0729 e. The smallest absolute Gasteiger partial charge is 0.0729 e. The summed E-state index contributed by atoms with van der Waals surface area (Å²) in [6.07, 6.45) is 8.94. The van der Waals surface area contributed by atoms with Crippen molar-refractivity contribution in [2.24, 2.45) is 11.7 Å². The van der Waals surface area contributed by atoms with E-state index in [1.165, 1.54) is 19.3 Å². The highest BCUT2D eigenvalue weighted by molar-refractivity contribution is 4.97. The second-order valence-corrected chi connectivity index (χ2v) is 7.01. The van der Waals surface area contributed by atoms with Gasteiger partial charge in [0.1, 0.15) is 0 Å². The van der Waals surface area contributed by atoms with Crippen LogP contribution in [0.4, 0.5) is 0 Å². The predicted octanol–water partition coefficient (Wildman–Crippen LogP) is 2.25. The van der Waals surface area contributed by atoms with E-state index in [2.05, 4.69) is 0 Å². The molecular weight excluding hydrogens is 254 g/mol. The second-order valence-electron chi connectivity index (χ2n) is 7.01. The number of ether oxygens (including phenoxy) is 3. The Morgan fingerprint density at radius 1 is 1.20 bits per heavy atom. The molecule has 3 rings (SSSR count). The molecule has 0 radical (unpaired) electrons. The van der Waals surface area contributed by atoms with Crippen molar-refractivity contribution in [3.8, 4) is 0 Å². The number of hydrogen-bond donors (Lipinski definition) is 1. The fraction of sp³-hybridized carbons (Fsp3) is 1.00. The van der Waals surface area contributed by atoms with Crippen molar-refractivity contribution in [1.82, 2.24) is 0 Å². The van der Waals surface area contributed by atoms with Gasteiger partial charge >= 0.3 is 0 Å². The molecule has 2 atom stereocenters. The third kappa shape index (κ3) is 2.89. The Balaban J connectivity index is 1.58. The molecule has 2 heterocycles. The topological polar surface area (TPSA) is 53.7 Å². The Labute approximate surface area is 122 Å². The molecule has 0 aromatic heterocycles. The Bertz CT molecular complexity index is 313. The first kappa shape index (κ1) is 14.8. The van der Waals surface area contributed by atoms with Crippen molar-refractivity contribution >= 4 is 0 Å². The molecule has 116 valence electrons. The van der Waals surface area contributed by atoms with Crippen molar-refractivity contribution in [1.29, 1.82) is 0 Å². The molecular formula is C16H29NO3. The van der Waals surface area contributed by atoms with E-state index in [4.69, 9.17) is 19.9 Å². The van der Waals surface area contributed by atoms with Crippen LogP contribution in [-0.4, -0.2) is 44.2 Å². The van der Waals surface area contributed by atoms with Crippen LogP contribution in [0.2, 0.25) is 0 Å². The molecule has 2 unspecified atom stereocenters. The summed E-state index contributed by atoms with van der Waals surface area (Å²) in [7, 11) is 1.84. The number of nitrogens with two attached hydrogens (primary N) is 1. The van der Waals surface area contributed by atoms with Crippen molar-refractivity contribution in [3.05, 3.63) is 0 Å². The Morgan fingerprint density at radius 3 is 2.55 bits per heavy atom. The normalized spacial score (nSPS) is 33.6. The fourth-order valence-corrected chi connectivity index (χ4v) is 4.18. The van der Waals surface area contributed by atoms with E-state index in [0.717, 1.165) is 51.9 Å². The van der Waals surface area contributed by atoms with E-state index in [0.29, 0.717) is 5.92 Å². The Morgan fingerprint density at radius 2 is 1.95 bits per heavy atom. The van der Waals surface area contributed by atoms with Gasteiger partial charge in [0.2, 0.25) is 0 Å². The van der Waals surface area contributed by atoms with E-state index in [-0.39, 0.29) is 17.2 Å². The van der Waals surface area contributed by atoms with Gasteiger partial charge in [0.25, 0.3) is 0 Å². The summed E-state index contributed by atoms with van der Waals surface area (Å²) in [5.74, 6) is 0.578. The zero-order valence-corrected chi connectivity index (χ0v) is 12.7. The van der Waals surface area contributed by atoms with Crippen molar-refractivity contribution in [3.63, 3.8) is 0 Å². The van der Waals surface area contributed by atoms with E-state index in [1.54, 1.807) is 0 Å². The van der Waals surface area contributed by atoms with Gasteiger partial charge in [0.05, 0.1) is 11.2 Å². The highest BCUT2D eigenvalue weighted by Crippen LogP contribution is 2.43. The van der Waals surface area contributed by atoms with Gasteiger partial charge in [0, 0.05) is 33.0 Å². The van der Waals surface area contributed by atoms with Crippen LogP contribution in [-0.2, 0) is 14.2 Å². The molecule has 0 bridgehead atoms. The van der Waals surface area contributed by atoms with E-state index in [1.807, 2.05) is 7.11 Å². The lowest BCUT2D eigenvalue weighted by atomic mass is 9.70. The Kier molecular flexibility index (Phi) is 4.37. The van der Waals surface area contributed by atoms with E-state index < -0.39 is 0 Å². The van der Waals surface area contributed by atoms with Gasteiger partial charge < -0.3 is 19.9 Å². The number of methoxy groups -OCH3 is 1. The zero-order valence-electron chi connectivity index (χ0n) is 12.7. The van der Waals surface area contributed by atoms with Gasteiger partial charge in [-0.15, -0.1) is 0 Å². The number of rotatable bonds is 4. The lowest BCUT2D eigenvalue weighted by molar-refractivity contribution is -0.153. The maximum absolute atomic E-state index is 6.54. The standard InChI is InChI=1S/C16H29NO3/c1-18-15(4-2-5-15)12-14(17)13-3-8-20-16(11-13)6-9-19-10-7-16/h13-14H,2-12,17H2,1H3. The van der Waals surface area contributed by atoms with Crippen LogP contribution in [0.15, 0.2) is 0 Å². The van der Waals surface area contributed by atoms with Gasteiger partial charge in [0.15, 0.2) is 0 Å². The molecule has 2 aliphatic heterocycles. The molecule has 1 saturated carbocycles. The summed E-state index contributed by atoms with van der Waals surface area (Å²) in [5.41, 5.74) is 6.68. The molecule has 4 nitrogen and oxygen atoms in total. The molecule has 2 N–H and O–H groups in total. The highest BCUT2D eigenvalue weighted by atomic mass is 16.5. The van der Waals surface area contributed by atoms with Crippen molar-refractivity contribution < 1.29 is 14.2 Å². The predicted molar refractivity (Wildman–Crippen MR) is 77.6 cm³/mol. The minimum atomic E-state index is 0.0542. The van der Waals surface area contributed by atoms with E-state index >= 15 is 0 Å². The fourth-order valence-electron chi connectivity index (χ4n) is 4.18. The van der Waals surface area contributed by atoms with Crippen LogP contribution in [0.25, 0.3) is 0 Å². The largest absolute Gasteiger partial charge is 0.381 e. The van der Waals surface area contributed by atoms with E-state index in [9.17, 15) is 0 Å². The average molecular weight is 283 g/mol. The third-order valence-corrected chi connectivity index (χ3v) is 5.85. The molecule has 4 heteroatoms. The number of hydrogen-bond acceptors (Lipinski definition) is 4. The van der Waals surface area contributed by atoms with Gasteiger partial charge in [-0.2, -0.15) is 0 Å². The van der Waals surface area contributed by atoms with Crippen LogP contribution in [0.1, 0.15) is 51.4 Å². The van der Waals surface area contributed by atoms with Gasteiger partial charge in [-0.05, 0) is 57.3 Å². The van der Waals surface area contributed by atoms with Gasteiger partial charge in [-0.3, -0.25) is 0 Å². The molecule has 20 heavy (non-hydrogen) atoms. The molecule has 3 fully saturated rings. The van der Waals surface area contributed by atoms with Crippen LogP contribution in [0.3, 0.4) is 0 Å². The first-order valence-corrected chi connectivity index (χ1v) is 8.20. The molecule has 0 amide bonds. The maximum atomic E-state index is 6.54. The first-order chi connectivity index (χ1) is 9.67. The minimum absolute atomic E-state index is 0.0542. The summed E-state index contributed by atoms with van der Waals surface area (Å²) < 4.78 is 17.3. The molecule has 0 aromatic rings. The van der Waals surface area contributed by atoms with Crippen LogP contribution in [0.5, 0.6) is 0 Å². The Hall–Kier alpha value is -0.160. The summed E-state index contributed by atoms with van der Waals surface area (Å²) in [6.45, 7) is 2.53. The second kappa shape index (κ2) is 5.91. The molecule has 0 aromatic carbocycles. The third-order valence-electron chi connectivity index (χ3n) is 5.85. The summed E-state index contributed by atoms with van der Waals surface area (Å²) in [5, 5.41) is 0. The molecule has 3 aliphatic rings. The monoisotopic (exact) mass is 283 g/mol. The minimum Gasteiger partial charge on any atom is -0.381 e. The molecule has 2 saturated heterocycles. The van der Waals surface area contributed by atoms with Gasteiger partial charge in [-0.1, -0.05) is 0 Å². The summed E-state index contributed by atoms with van der Waals surface area (Å²) >= 11 is 0. The van der Waals surface area contributed by atoms with Crippen LogP contribution in [0, 0.1) is 5.92 Å². The van der Waals surface area contributed by atoms with Crippen LogP contribution < -0.4 is 5.73 Å². The quantitative estimate of drug-likeness (QED) is 0.860. The van der Waals surface area contributed by atoms with Crippen molar-refractivity contribution in [2.75, 3.05) is 26.9 Å². The summed E-state index contributed by atoms with van der Waals surface area (Å²) in [4.78, 5) is 0. The highest BCUT2D eigenvalue weighted by Gasteiger charge is 2.44. The lowest BCUT2D eigenvalue weighted by Crippen LogP contribution is -2.51. The lowest BCUT2D eigenvalue weighted by Gasteiger charge is -2.47. The molecule has 1 aliphatic carbocycles. The summed E-state index contributed by atoms with van der Waals surface area (Å²) in [6, 6.07) is 0.249.